The first-order valence-corrected chi connectivity index (χ1v) is 11.5. The average molecular weight is 398 g/mol. The van der Waals surface area contributed by atoms with Crippen molar-refractivity contribution in [2.24, 2.45) is 13.0 Å². The number of nitrogens with zero attached hydrogens (tertiary/aromatic N) is 4. The summed E-state index contributed by atoms with van der Waals surface area (Å²) >= 11 is 0. The fraction of sp³-hybridized carbons (Fsp3) is 0.778. The Kier molecular flexibility index (Phi) is 6.22. The minimum absolute atomic E-state index is 0.00769. The molecule has 0 aliphatic carbocycles. The lowest BCUT2D eigenvalue weighted by Gasteiger charge is -2.34. The molecule has 2 saturated heterocycles. The van der Waals surface area contributed by atoms with E-state index in [0.717, 1.165) is 38.4 Å². The van der Waals surface area contributed by atoms with E-state index >= 15 is 0 Å². The van der Waals surface area contributed by atoms with E-state index in [-0.39, 0.29) is 23.3 Å². The first-order valence-electron chi connectivity index (χ1n) is 9.64. The minimum atomic E-state index is -2.88. The van der Waals surface area contributed by atoms with Crippen molar-refractivity contribution in [3.8, 4) is 0 Å². The highest BCUT2D eigenvalue weighted by Crippen LogP contribution is 2.18. The summed E-state index contributed by atoms with van der Waals surface area (Å²) in [4.78, 5) is 16.7. The van der Waals surface area contributed by atoms with Crippen molar-refractivity contribution in [3.05, 3.63) is 17.0 Å². The van der Waals surface area contributed by atoms with Gasteiger partial charge < -0.3 is 5.32 Å². The van der Waals surface area contributed by atoms with E-state index < -0.39 is 9.84 Å². The van der Waals surface area contributed by atoms with Crippen LogP contribution in [0.4, 0.5) is 0 Å². The normalized spacial score (nSPS) is 23.6. The van der Waals surface area contributed by atoms with E-state index in [1.54, 1.807) is 0 Å². The van der Waals surface area contributed by atoms with Crippen molar-refractivity contribution in [2.75, 3.05) is 50.8 Å². The molecule has 0 spiro atoms. The summed E-state index contributed by atoms with van der Waals surface area (Å²) < 4.78 is 24.9. The Morgan fingerprint density at radius 2 is 1.85 bits per heavy atom. The molecule has 0 bridgehead atoms. The number of piperazine rings is 1. The molecule has 27 heavy (non-hydrogen) atoms. The van der Waals surface area contributed by atoms with Crippen LogP contribution in [0.25, 0.3) is 0 Å². The van der Waals surface area contributed by atoms with Gasteiger partial charge in [-0.1, -0.05) is 0 Å². The predicted octanol–water partition coefficient (Wildman–Crippen LogP) is -0.295. The number of amides is 1. The molecule has 152 valence electrons. The molecule has 0 radical (unpaired) electrons. The Morgan fingerprint density at radius 3 is 2.41 bits per heavy atom. The van der Waals surface area contributed by atoms with Crippen LogP contribution in [0.5, 0.6) is 0 Å². The van der Waals surface area contributed by atoms with E-state index in [0.29, 0.717) is 19.5 Å². The number of aryl methyl sites for hydroxylation is 2. The molecule has 0 saturated carbocycles. The summed E-state index contributed by atoms with van der Waals surface area (Å²) in [6, 6.07) is 0. The molecule has 1 unspecified atom stereocenters. The van der Waals surface area contributed by atoms with Crippen LogP contribution < -0.4 is 5.32 Å². The summed E-state index contributed by atoms with van der Waals surface area (Å²) in [6.07, 6.45) is 0.661. The Balaban J connectivity index is 1.38. The maximum absolute atomic E-state index is 12.2. The molecular formula is C18H31N5O3S. The van der Waals surface area contributed by atoms with Crippen molar-refractivity contribution in [1.29, 1.82) is 0 Å². The van der Waals surface area contributed by atoms with Crippen LogP contribution in [-0.2, 0) is 28.2 Å². The van der Waals surface area contributed by atoms with E-state index in [4.69, 9.17) is 0 Å². The third kappa shape index (κ3) is 5.30. The number of hydrogen-bond donors (Lipinski definition) is 1. The van der Waals surface area contributed by atoms with Crippen LogP contribution in [0.3, 0.4) is 0 Å². The van der Waals surface area contributed by atoms with Crippen molar-refractivity contribution < 1.29 is 13.2 Å². The quantitative estimate of drug-likeness (QED) is 0.710. The predicted molar refractivity (Wildman–Crippen MR) is 104 cm³/mol. The van der Waals surface area contributed by atoms with Gasteiger partial charge in [0.1, 0.15) is 0 Å². The maximum atomic E-state index is 12.2. The summed E-state index contributed by atoms with van der Waals surface area (Å²) in [7, 11) is -0.905. The molecule has 1 aromatic rings. The average Bonchev–Trinajstić information content (AvgIpc) is 3.08. The number of hydrogen-bond acceptors (Lipinski definition) is 6. The zero-order chi connectivity index (χ0) is 19.6. The summed E-state index contributed by atoms with van der Waals surface area (Å²) in [5.41, 5.74) is 3.60. The molecule has 1 amide bonds. The van der Waals surface area contributed by atoms with Gasteiger partial charge in [-0.2, -0.15) is 5.10 Å². The summed E-state index contributed by atoms with van der Waals surface area (Å²) in [5.74, 6) is 0.526. The second-order valence-electron chi connectivity index (χ2n) is 7.90. The smallest absolute Gasteiger partial charge is 0.234 e. The standard InChI is InChI=1S/C18H31N5O3S/c1-14-17(15(2)21(3)20-14)11-22-5-7-23(8-6-22)12-18(24)19-10-16-4-9-27(25,26)13-16/h16H,4-13H2,1-3H3,(H,19,24). The van der Waals surface area contributed by atoms with Gasteiger partial charge in [-0.05, 0) is 26.2 Å². The van der Waals surface area contributed by atoms with Crippen molar-refractivity contribution in [2.45, 2.75) is 26.8 Å². The lowest BCUT2D eigenvalue weighted by atomic mass is 10.1. The molecule has 2 aliphatic heterocycles. The fourth-order valence-electron chi connectivity index (χ4n) is 3.93. The van der Waals surface area contributed by atoms with Crippen LogP contribution >= 0.6 is 0 Å². The second-order valence-corrected chi connectivity index (χ2v) is 10.1. The molecule has 1 aromatic heterocycles. The van der Waals surface area contributed by atoms with Gasteiger partial charge in [-0.25, -0.2) is 8.42 Å². The third-order valence-electron chi connectivity index (χ3n) is 5.79. The van der Waals surface area contributed by atoms with E-state index in [2.05, 4.69) is 34.1 Å². The summed E-state index contributed by atoms with van der Waals surface area (Å²) in [6.45, 7) is 9.51. The van der Waals surface area contributed by atoms with Gasteiger partial charge in [-0.15, -0.1) is 0 Å². The molecule has 0 aromatic carbocycles. The highest BCUT2D eigenvalue weighted by atomic mass is 32.2. The van der Waals surface area contributed by atoms with Crippen LogP contribution in [0.2, 0.25) is 0 Å². The highest BCUT2D eigenvalue weighted by Gasteiger charge is 2.28. The maximum Gasteiger partial charge on any atom is 0.234 e. The Labute approximate surface area is 161 Å². The molecule has 3 heterocycles. The topological polar surface area (TPSA) is 87.5 Å². The minimum Gasteiger partial charge on any atom is -0.355 e. The highest BCUT2D eigenvalue weighted by molar-refractivity contribution is 7.91. The van der Waals surface area contributed by atoms with Crippen molar-refractivity contribution in [1.82, 2.24) is 24.9 Å². The van der Waals surface area contributed by atoms with Crippen LogP contribution in [0, 0.1) is 19.8 Å². The number of carbonyl (C=O) groups is 1. The molecule has 2 fully saturated rings. The lowest BCUT2D eigenvalue weighted by molar-refractivity contribution is -0.122. The van der Waals surface area contributed by atoms with Crippen LogP contribution in [0.15, 0.2) is 0 Å². The zero-order valence-corrected chi connectivity index (χ0v) is 17.4. The Morgan fingerprint density at radius 1 is 1.19 bits per heavy atom. The SMILES string of the molecule is Cc1nn(C)c(C)c1CN1CCN(CC(=O)NCC2CCS(=O)(=O)C2)CC1. The lowest BCUT2D eigenvalue weighted by Crippen LogP contribution is -2.49. The van der Waals surface area contributed by atoms with Gasteiger partial charge in [0.15, 0.2) is 9.84 Å². The number of carbonyl (C=O) groups excluding carboxylic acids is 1. The van der Waals surface area contributed by atoms with Gasteiger partial charge in [0.2, 0.25) is 5.91 Å². The van der Waals surface area contributed by atoms with Gasteiger partial charge in [0.25, 0.3) is 0 Å². The Hall–Kier alpha value is -1.45. The number of sulfone groups is 1. The molecule has 3 rings (SSSR count). The second kappa shape index (κ2) is 8.28. The van der Waals surface area contributed by atoms with E-state index in [1.807, 2.05) is 11.7 Å². The van der Waals surface area contributed by atoms with Crippen LogP contribution in [-0.4, -0.2) is 84.7 Å². The third-order valence-corrected chi connectivity index (χ3v) is 7.62. The van der Waals surface area contributed by atoms with Gasteiger partial charge in [0, 0.05) is 57.6 Å². The number of aromatic nitrogens is 2. The van der Waals surface area contributed by atoms with Crippen molar-refractivity contribution >= 4 is 15.7 Å². The van der Waals surface area contributed by atoms with E-state index in [9.17, 15) is 13.2 Å². The molecule has 1 N–H and O–H groups in total. The largest absolute Gasteiger partial charge is 0.355 e. The van der Waals surface area contributed by atoms with E-state index in [1.165, 1.54) is 11.3 Å². The van der Waals surface area contributed by atoms with Gasteiger partial charge in [0.05, 0.1) is 23.7 Å². The van der Waals surface area contributed by atoms with Crippen LogP contribution in [0.1, 0.15) is 23.4 Å². The zero-order valence-electron chi connectivity index (χ0n) is 16.6. The molecule has 1 atom stereocenters. The number of rotatable bonds is 6. The fourth-order valence-corrected chi connectivity index (χ4v) is 5.79. The van der Waals surface area contributed by atoms with Gasteiger partial charge in [-0.3, -0.25) is 19.3 Å². The first-order chi connectivity index (χ1) is 12.7. The molecular weight excluding hydrogens is 366 g/mol. The van der Waals surface area contributed by atoms with Crippen molar-refractivity contribution in [3.63, 3.8) is 0 Å². The molecule has 2 aliphatic rings. The first kappa shape index (κ1) is 20.3. The monoisotopic (exact) mass is 397 g/mol. The van der Waals surface area contributed by atoms with Gasteiger partial charge >= 0.3 is 0 Å². The molecule has 8 nitrogen and oxygen atoms in total. The number of nitrogens with one attached hydrogen (secondary N) is 1. The summed E-state index contributed by atoms with van der Waals surface area (Å²) in [5, 5.41) is 7.39. The molecule has 9 heteroatoms. The Bertz CT molecular complexity index is 781.